The van der Waals surface area contributed by atoms with Crippen molar-refractivity contribution in [3.05, 3.63) is 76.4 Å². The number of hydrogen-bond donors (Lipinski definition) is 0. The zero-order valence-electron chi connectivity index (χ0n) is 11.8. The van der Waals surface area contributed by atoms with E-state index in [2.05, 4.69) is 16.7 Å². The van der Waals surface area contributed by atoms with Crippen molar-refractivity contribution in [2.75, 3.05) is 0 Å². The van der Waals surface area contributed by atoms with Crippen LogP contribution < -0.4 is 5.56 Å². The van der Waals surface area contributed by atoms with Gasteiger partial charge in [-0.2, -0.15) is 0 Å². The summed E-state index contributed by atoms with van der Waals surface area (Å²) >= 11 is 0. The van der Waals surface area contributed by atoms with E-state index in [9.17, 15) is 9.70 Å². The normalized spacial score (nSPS) is 10.5. The van der Waals surface area contributed by atoms with Gasteiger partial charge in [0.1, 0.15) is 11.5 Å². The zero-order valence-corrected chi connectivity index (χ0v) is 11.8. The minimum absolute atomic E-state index is 0.113. The number of benzene rings is 2. The zero-order chi connectivity index (χ0) is 15.5. The van der Waals surface area contributed by atoms with E-state index in [4.69, 9.17) is 0 Å². The molecule has 0 fully saturated rings. The second kappa shape index (κ2) is 5.73. The van der Waals surface area contributed by atoms with Gasteiger partial charge in [-0.25, -0.2) is 4.98 Å². The van der Waals surface area contributed by atoms with Crippen molar-refractivity contribution in [3.63, 3.8) is 0 Å². The molecule has 0 atom stereocenters. The molecule has 0 aliphatic rings. The summed E-state index contributed by atoms with van der Waals surface area (Å²) < 4.78 is 1.57. The maximum Gasteiger partial charge on any atom is 0.261 e. The van der Waals surface area contributed by atoms with Crippen molar-refractivity contribution in [2.24, 2.45) is 5.18 Å². The van der Waals surface area contributed by atoms with Crippen LogP contribution in [0.3, 0.4) is 0 Å². The van der Waals surface area contributed by atoms with E-state index >= 15 is 0 Å². The molecule has 5 nitrogen and oxygen atoms in total. The largest absolute Gasteiger partial charge is 0.288 e. The van der Waals surface area contributed by atoms with E-state index in [0.717, 1.165) is 5.56 Å². The van der Waals surface area contributed by atoms with E-state index < -0.39 is 0 Å². The molecule has 0 N–H and O–H groups in total. The van der Waals surface area contributed by atoms with Gasteiger partial charge in [0.2, 0.25) is 0 Å². The monoisotopic (exact) mass is 291 g/mol. The Bertz CT molecular complexity index is 911. The first kappa shape index (κ1) is 13.9. The fourth-order valence-corrected chi connectivity index (χ4v) is 2.36. The van der Waals surface area contributed by atoms with Crippen molar-refractivity contribution in [3.8, 4) is 11.4 Å². The Hall–Kier alpha value is -3.08. The number of nitrogens with zero attached hydrogens (tertiary/aromatic N) is 3. The molecule has 5 heteroatoms. The molecule has 0 saturated carbocycles. The Morgan fingerprint density at radius 3 is 2.55 bits per heavy atom. The molecule has 1 aromatic heterocycles. The molecule has 0 saturated heterocycles. The standard InChI is InChI=1S/C17H13N3O2/c1-2-11-20-16(12-7-9-13(19-22)10-8-12)18-15-6-4-3-5-14(15)17(20)21/h2-10H,1,11H2. The van der Waals surface area contributed by atoms with Crippen LogP contribution in [0.25, 0.3) is 22.3 Å². The number of fused-ring (bicyclic) bond motifs is 1. The molecular weight excluding hydrogens is 278 g/mol. The first-order valence-electron chi connectivity index (χ1n) is 6.79. The van der Waals surface area contributed by atoms with Crippen LogP contribution in [0.2, 0.25) is 0 Å². The van der Waals surface area contributed by atoms with Crippen LogP contribution in [0, 0.1) is 4.91 Å². The average molecular weight is 291 g/mol. The van der Waals surface area contributed by atoms with Gasteiger partial charge >= 0.3 is 0 Å². The third kappa shape index (κ3) is 2.33. The Morgan fingerprint density at radius 2 is 1.86 bits per heavy atom. The second-order valence-corrected chi connectivity index (χ2v) is 4.80. The molecule has 1 heterocycles. The van der Waals surface area contributed by atoms with Gasteiger partial charge in [0.15, 0.2) is 0 Å². The Kier molecular flexibility index (Phi) is 3.62. The molecule has 0 unspecified atom stereocenters. The Morgan fingerprint density at radius 1 is 1.14 bits per heavy atom. The van der Waals surface area contributed by atoms with Gasteiger partial charge in [0.25, 0.3) is 5.56 Å². The lowest BCUT2D eigenvalue weighted by Gasteiger charge is -2.12. The van der Waals surface area contributed by atoms with Crippen LogP contribution in [0.4, 0.5) is 5.69 Å². The minimum Gasteiger partial charge on any atom is -0.288 e. The molecule has 0 radical (unpaired) electrons. The highest BCUT2D eigenvalue weighted by atomic mass is 16.3. The molecule has 108 valence electrons. The summed E-state index contributed by atoms with van der Waals surface area (Å²) in [6, 6.07) is 13.9. The summed E-state index contributed by atoms with van der Waals surface area (Å²) in [7, 11) is 0. The predicted octanol–water partition coefficient (Wildman–Crippen LogP) is 3.65. The van der Waals surface area contributed by atoms with Gasteiger partial charge in [0, 0.05) is 12.1 Å². The number of nitroso groups, excluding NO2 is 1. The second-order valence-electron chi connectivity index (χ2n) is 4.80. The molecule has 2 aromatic carbocycles. The number of allylic oxidation sites excluding steroid dienone is 1. The summed E-state index contributed by atoms with van der Waals surface area (Å²) in [4.78, 5) is 27.7. The highest BCUT2D eigenvalue weighted by molar-refractivity contribution is 5.79. The summed E-state index contributed by atoms with van der Waals surface area (Å²) in [5.74, 6) is 0.543. The molecule has 3 aromatic rings. The van der Waals surface area contributed by atoms with Crippen LogP contribution in [-0.4, -0.2) is 9.55 Å². The van der Waals surface area contributed by atoms with Crippen LogP contribution in [0.1, 0.15) is 0 Å². The van der Waals surface area contributed by atoms with E-state index in [1.54, 1.807) is 47.0 Å². The first-order valence-corrected chi connectivity index (χ1v) is 6.79. The average Bonchev–Trinajstić information content (AvgIpc) is 2.57. The highest BCUT2D eigenvalue weighted by Gasteiger charge is 2.11. The van der Waals surface area contributed by atoms with Crippen LogP contribution >= 0.6 is 0 Å². The number of aromatic nitrogens is 2. The summed E-state index contributed by atoms with van der Waals surface area (Å²) in [6.45, 7) is 4.06. The smallest absolute Gasteiger partial charge is 0.261 e. The maximum atomic E-state index is 12.6. The van der Waals surface area contributed by atoms with Crippen molar-refractivity contribution in [2.45, 2.75) is 6.54 Å². The predicted molar refractivity (Wildman–Crippen MR) is 87.1 cm³/mol. The highest BCUT2D eigenvalue weighted by Crippen LogP contribution is 2.22. The maximum absolute atomic E-state index is 12.6. The number of rotatable bonds is 4. The fraction of sp³-hybridized carbons (Fsp3) is 0.0588. The van der Waals surface area contributed by atoms with Crippen molar-refractivity contribution >= 4 is 16.6 Å². The van der Waals surface area contributed by atoms with E-state index in [0.29, 0.717) is 29.0 Å². The molecule has 0 aliphatic heterocycles. The van der Waals surface area contributed by atoms with Gasteiger partial charge in [-0.1, -0.05) is 18.2 Å². The lowest BCUT2D eigenvalue weighted by atomic mass is 10.1. The Balaban J connectivity index is 2.30. The molecule has 22 heavy (non-hydrogen) atoms. The molecule has 0 bridgehead atoms. The first-order chi connectivity index (χ1) is 10.7. The van der Waals surface area contributed by atoms with Crippen LogP contribution in [-0.2, 0) is 6.54 Å². The number of hydrogen-bond acceptors (Lipinski definition) is 4. The SMILES string of the molecule is C=CCn1c(-c2ccc(N=O)cc2)nc2ccccc2c1=O. The molecule has 0 aliphatic carbocycles. The van der Waals surface area contributed by atoms with E-state index in [-0.39, 0.29) is 5.56 Å². The lowest BCUT2D eigenvalue weighted by Crippen LogP contribution is -2.22. The van der Waals surface area contributed by atoms with Crippen LogP contribution in [0.15, 0.2) is 71.2 Å². The van der Waals surface area contributed by atoms with Gasteiger partial charge in [-0.05, 0) is 41.6 Å². The van der Waals surface area contributed by atoms with Gasteiger partial charge in [0.05, 0.1) is 10.9 Å². The fourth-order valence-electron chi connectivity index (χ4n) is 2.36. The summed E-state index contributed by atoms with van der Waals surface area (Å²) in [6.07, 6.45) is 1.66. The quantitative estimate of drug-likeness (QED) is 0.544. The molecule has 3 rings (SSSR count). The molecule has 0 spiro atoms. The van der Waals surface area contributed by atoms with Gasteiger partial charge in [-0.15, -0.1) is 11.5 Å². The Labute approximate surface area is 126 Å². The summed E-state index contributed by atoms with van der Waals surface area (Å²) in [5.41, 5.74) is 1.61. The summed E-state index contributed by atoms with van der Waals surface area (Å²) in [5, 5.41) is 3.45. The van der Waals surface area contributed by atoms with Crippen molar-refractivity contribution in [1.29, 1.82) is 0 Å². The minimum atomic E-state index is -0.113. The third-order valence-corrected chi connectivity index (χ3v) is 3.40. The lowest BCUT2D eigenvalue weighted by molar-refractivity contribution is 0.779. The van der Waals surface area contributed by atoms with Gasteiger partial charge in [-0.3, -0.25) is 9.36 Å². The molecular formula is C17H13N3O2. The van der Waals surface area contributed by atoms with E-state index in [1.807, 2.05) is 12.1 Å². The van der Waals surface area contributed by atoms with Crippen molar-refractivity contribution < 1.29 is 0 Å². The number of para-hydroxylation sites is 1. The van der Waals surface area contributed by atoms with E-state index in [1.165, 1.54) is 0 Å². The third-order valence-electron chi connectivity index (χ3n) is 3.40. The topological polar surface area (TPSA) is 64.3 Å². The van der Waals surface area contributed by atoms with Gasteiger partial charge < -0.3 is 0 Å². The van der Waals surface area contributed by atoms with Crippen LogP contribution in [0.5, 0.6) is 0 Å². The van der Waals surface area contributed by atoms with Crippen molar-refractivity contribution in [1.82, 2.24) is 9.55 Å². The molecule has 0 amide bonds.